The second kappa shape index (κ2) is 9.13. The van der Waals surface area contributed by atoms with Gasteiger partial charge < -0.3 is 24.3 Å². The van der Waals surface area contributed by atoms with Crippen LogP contribution in [0.5, 0.6) is 11.5 Å². The van der Waals surface area contributed by atoms with E-state index in [0.717, 1.165) is 75.5 Å². The summed E-state index contributed by atoms with van der Waals surface area (Å²) in [6.07, 6.45) is 2.68. The summed E-state index contributed by atoms with van der Waals surface area (Å²) in [6, 6.07) is 6.21. The first kappa shape index (κ1) is 19.5. The number of aromatic nitrogens is 3. The SMILES string of the molecule is CCc1nncn1CCNC(=NC)N1CCN(Cc2ccc3c(c2)OCO3)CC1. The van der Waals surface area contributed by atoms with Crippen molar-refractivity contribution < 1.29 is 9.47 Å². The molecule has 1 aromatic heterocycles. The first-order valence-corrected chi connectivity index (χ1v) is 10.2. The molecule has 1 saturated heterocycles. The Kier molecular flexibility index (Phi) is 6.14. The fourth-order valence-electron chi connectivity index (χ4n) is 3.78. The molecule has 1 aromatic carbocycles. The third-order valence-electron chi connectivity index (χ3n) is 5.37. The molecule has 29 heavy (non-hydrogen) atoms. The zero-order valence-corrected chi connectivity index (χ0v) is 17.2. The minimum atomic E-state index is 0.320. The molecule has 0 bridgehead atoms. The van der Waals surface area contributed by atoms with E-state index in [9.17, 15) is 0 Å². The van der Waals surface area contributed by atoms with Crippen LogP contribution in [0, 0.1) is 0 Å². The van der Waals surface area contributed by atoms with E-state index in [2.05, 4.69) is 53.9 Å². The molecule has 0 radical (unpaired) electrons. The molecule has 2 aromatic rings. The van der Waals surface area contributed by atoms with Crippen LogP contribution < -0.4 is 14.8 Å². The van der Waals surface area contributed by atoms with Crippen LogP contribution in [-0.4, -0.2) is 77.1 Å². The second-order valence-electron chi connectivity index (χ2n) is 7.22. The number of rotatable bonds is 6. The fraction of sp³-hybridized carbons (Fsp3) is 0.550. The second-order valence-corrected chi connectivity index (χ2v) is 7.22. The summed E-state index contributed by atoms with van der Waals surface area (Å²) >= 11 is 0. The zero-order chi connectivity index (χ0) is 20.1. The monoisotopic (exact) mass is 399 g/mol. The Bertz CT molecular complexity index is 843. The van der Waals surface area contributed by atoms with Gasteiger partial charge in [-0.2, -0.15) is 0 Å². The summed E-state index contributed by atoms with van der Waals surface area (Å²) < 4.78 is 13.0. The zero-order valence-electron chi connectivity index (χ0n) is 17.2. The number of ether oxygens (including phenoxy) is 2. The van der Waals surface area contributed by atoms with E-state index in [1.54, 1.807) is 6.33 Å². The quantitative estimate of drug-likeness (QED) is 0.572. The highest BCUT2D eigenvalue weighted by Crippen LogP contribution is 2.32. The van der Waals surface area contributed by atoms with Crippen molar-refractivity contribution in [3.05, 3.63) is 35.9 Å². The maximum Gasteiger partial charge on any atom is 0.231 e. The average molecular weight is 399 g/mol. The molecule has 0 atom stereocenters. The maximum absolute atomic E-state index is 5.49. The van der Waals surface area contributed by atoms with Gasteiger partial charge in [-0.1, -0.05) is 13.0 Å². The number of hydrogen-bond donors (Lipinski definition) is 1. The summed E-state index contributed by atoms with van der Waals surface area (Å²) in [5.74, 6) is 3.66. The molecule has 0 spiro atoms. The predicted molar refractivity (Wildman–Crippen MR) is 110 cm³/mol. The smallest absolute Gasteiger partial charge is 0.231 e. The molecular weight excluding hydrogens is 370 g/mol. The van der Waals surface area contributed by atoms with Crippen molar-refractivity contribution in [1.82, 2.24) is 29.9 Å². The molecule has 0 saturated carbocycles. The third kappa shape index (κ3) is 4.61. The van der Waals surface area contributed by atoms with E-state index in [1.165, 1.54) is 5.56 Å². The minimum absolute atomic E-state index is 0.320. The van der Waals surface area contributed by atoms with E-state index in [4.69, 9.17) is 9.47 Å². The van der Waals surface area contributed by atoms with Gasteiger partial charge in [0.05, 0.1) is 0 Å². The number of aryl methyl sites for hydroxylation is 1. The summed E-state index contributed by atoms with van der Waals surface area (Å²) in [5.41, 5.74) is 1.26. The van der Waals surface area contributed by atoms with Crippen LogP contribution >= 0.6 is 0 Å². The highest BCUT2D eigenvalue weighted by molar-refractivity contribution is 5.79. The number of hydrogen-bond acceptors (Lipinski definition) is 6. The predicted octanol–water partition coefficient (Wildman–Crippen LogP) is 0.962. The van der Waals surface area contributed by atoms with Gasteiger partial charge >= 0.3 is 0 Å². The Hall–Kier alpha value is -2.81. The minimum Gasteiger partial charge on any atom is -0.454 e. The molecule has 156 valence electrons. The Morgan fingerprint density at radius 3 is 2.79 bits per heavy atom. The molecule has 9 nitrogen and oxygen atoms in total. The van der Waals surface area contributed by atoms with Crippen LogP contribution in [0.25, 0.3) is 0 Å². The maximum atomic E-state index is 5.49. The Morgan fingerprint density at radius 1 is 1.17 bits per heavy atom. The van der Waals surface area contributed by atoms with E-state index in [-0.39, 0.29) is 0 Å². The summed E-state index contributed by atoms with van der Waals surface area (Å²) in [6.45, 7) is 8.88. The first-order valence-electron chi connectivity index (χ1n) is 10.2. The summed E-state index contributed by atoms with van der Waals surface area (Å²) in [5, 5.41) is 11.6. The van der Waals surface area contributed by atoms with Gasteiger partial charge in [0, 0.05) is 59.3 Å². The number of fused-ring (bicyclic) bond motifs is 1. The van der Waals surface area contributed by atoms with E-state index in [0.29, 0.717) is 6.79 Å². The number of benzene rings is 1. The van der Waals surface area contributed by atoms with Crippen LogP contribution in [0.15, 0.2) is 29.5 Å². The number of piperazine rings is 1. The first-order chi connectivity index (χ1) is 14.3. The Morgan fingerprint density at radius 2 is 2.00 bits per heavy atom. The van der Waals surface area contributed by atoms with E-state index < -0.39 is 0 Å². The molecule has 2 aliphatic rings. The van der Waals surface area contributed by atoms with E-state index >= 15 is 0 Å². The van der Waals surface area contributed by atoms with Crippen molar-refractivity contribution in [2.45, 2.75) is 26.4 Å². The molecule has 1 fully saturated rings. The highest BCUT2D eigenvalue weighted by Gasteiger charge is 2.20. The fourth-order valence-corrected chi connectivity index (χ4v) is 3.78. The average Bonchev–Trinajstić information content (AvgIpc) is 3.40. The molecule has 0 amide bonds. The largest absolute Gasteiger partial charge is 0.454 e. The van der Waals surface area contributed by atoms with Crippen molar-refractivity contribution in [2.24, 2.45) is 4.99 Å². The lowest BCUT2D eigenvalue weighted by atomic mass is 10.1. The number of nitrogens with one attached hydrogen (secondary N) is 1. The third-order valence-corrected chi connectivity index (χ3v) is 5.37. The molecule has 4 rings (SSSR count). The lowest BCUT2D eigenvalue weighted by Crippen LogP contribution is -2.52. The van der Waals surface area contributed by atoms with Crippen LogP contribution in [0.3, 0.4) is 0 Å². The molecule has 1 N–H and O–H groups in total. The Balaban J connectivity index is 1.23. The van der Waals surface area contributed by atoms with Gasteiger partial charge in [-0.25, -0.2) is 0 Å². The van der Waals surface area contributed by atoms with Gasteiger partial charge in [0.25, 0.3) is 0 Å². The normalized spacial score (nSPS) is 17.0. The molecule has 0 unspecified atom stereocenters. The highest BCUT2D eigenvalue weighted by atomic mass is 16.7. The van der Waals surface area contributed by atoms with Crippen molar-refractivity contribution >= 4 is 5.96 Å². The van der Waals surface area contributed by atoms with Gasteiger partial charge in [-0.05, 0) is 17.7 Å². The number of guanidine groups is 1. The van der Waals surface area contributed by atoms with Crippen molar-refractivity contribution in [3.8, 4) is 11.5 Å². The molecular formula is C20H29N7O2. The lowest BCUT2D eigenvalue weighted by Gasteiger charge is -2.36. The van der Waals surface area contributed by atoms with Crippen LogP contribution in [-0.2, 0) is 19.5 Å². The molecule has 9 heteroatoms. The van der Waals surface area contributed by atoms with Gasteiger partial charge in [0.1, 0.15) is 12.2 Å². The van der Waals surface area contributed by atoms with Gasteiger partial charge in [-0.3, -0.25) is 9.89 Å². The standard InChI is InChI=1S/C20H29N7O2/c1-3-19-24-23-14-27(19)7-6-22-20(21-2)26-10-8-25(9-11-26)13-16-4-5-17-18(12-16)29-15-28-17/h4-5,12,14H,3,6-11,13,15H2,1-2H3,(H,21,22). The summed E-state index contributed by atoms with van der Waals surface area (Å²) in [4.78, 5) is 9.25. The molecule has 0 aliphatic carbocycles. The van der Waals surface area contributed by atoms with E-state index in [1.807, 2.05) is 13.1 Å². The van der Waals surface area contributed by atoms with Crippen molar-refractivity contribution in [2.75, 3.05) is 46.6 Å². The van der Waals surface area contributed by atoms with Gasteiger partial charge in [0.15, 0.2) is 17.5 Å². The van der Waals surface area contributed by atoms with Crippen LogP contribution in [0.1, 0.15) is 18.3 Å². The number of nitrogens with zero attached hydrogens (tertiary/aromatic N) is 6. The van der Waals surface area contributed by atoms with Crippen molar-refractivity contribution in [3.63, 3.8) is 0 Å². The van der Waals surface area contributed by atoms with Gasteiger partial charge in [0.2, 0.25) is 6.79 Å². The topological polar surface area (TPSA) is 80.0 Å². The summed E-state index contributed by atoms with van der Waals surface area (Å²) in [7, 11) is 1.84. The molecule has 3 heterocycles. The van der Waals surface area contributed by atoms with Crippen LogP contribution in [0.2, 0.25) is 0 Å². The number of aliphatic imine (C=N–C) groups is 1. The lowest BCUT2D eigenvalue weighted by molar-refractivity contribution is 0.171. The van der Waals surface area contributed by atoms with Crippen LogP contribution in [0.4, 0.5) is 0 Å². The molecule has 2 aliphatic heterocycles. The Labute approximate surface area is 171 Å². The van der Waals surface area contributed by atoms with Crippen molar-refractivity contribution in [1.29, 1.82) is 0 Å². The van der Waals surface area contributed by atoms with Gasteiger partial charge in [-0.15, -0.1) is 10.2 Å².